The Hall–Kier alpha value is -3.09. The number of nitrogens with one attached hydrogen (secondary N) is 1. The average molecular weight is 513 g/mol. The van der Waals surface area contributed by atoms with Crippen LogP contribution in [0.5, 0.6) is 11.5 Å². The quantitative estimate of drug-likeness (QED) is 0.545. The Kier molecular flexibility index (Phi) is 5.34. The second-order valence-corrected chi connectivity index (χ2v) is 11.6. The Balaban J connectivity index is 1.38. The molecule has 4 aliphatic carbocycles. The molecule has 1 saturated carbocycles. The van der Waals surface area contributed by atoms with E-state index in [1.807, 2.05) is 6.07 Å². The van der Waals surface area contributed by atoms with Crippen molar-refractivity contribution in [1.29, 1.82) is 0 Å². The Morgan fingerprint density at radius 1 is 1.21 bits per heavy atom. The predicted molar refractivity (Wildman–Crippen MR) is 146 cm³/mol. The summed E-state index contributed by atoms with van der Waals surface area (Å²) >= 11 is 0. The Morgan fingerprint density at radius 2 is 2.05 bits per heavy atom. The van der Waals surface area contributed by atoms with E-state index in [-0.39, 0.29) is 34.8 Å². The van der Waals surface area contributed by atoms with Gasteiger partial charge in [-0.05, 0) is 49.4 Å². The molecule has 1 saturated heterocycles. The van der Waals surface area contributed by atoms with E-state index in [9.17, 15) is 4.79 Å². The largest absolute Gasteiger partial charge is 0.493 e. The monoisotopic (exact) mass is 512 g/mol. The fourth-order valence-electron chi connectivity index (χ4n) is 8.86. The van der Waals surface area contributed by atoms with Crippen LogP contribution in [0.25, 0.3) is 0 Å². The van der Waals surface area contributed by atoms with Crippen molar-refractivity contribution in [2.75, 3.05) is 33.9 Å². The van der Waals surface area contributed by atoms with Gasteiger partial charge in [-0.1, -0.05) is 54.6 Å². The van der Waals surface area contributed by atoms with E-state index in [1.165, 1.54) is 16.7 Å². The number of hydrogen-bond donors (Lipinski definition) is 1. The molecular formula is C32H36N2O4. The van der Waals surface area contributed by atoms with Gasteiger partial charge in [0.15, 0.2) is 11.5 Å². The van der Waals surface area contributed by atoms with Gasteiger partial charge in [0.2, 0.25) is 5.91 Å². The molecule has 2 heterocycles. The van der Waals surface area contributed by atoms with Gasteiger partial charge >= 0.3 is 0 Å². The number of carbonyl (C=O) groups excluding carboxylic acids is 1. The first-order valence-electron chi connectivity index (χ1n) is 13.8. The second-order valence-electron chi connectivity index (χ2n) is 11.6. The molecular weight excluding hydrogens is 476 g/mol. The smallest absolute Gasteiger partial charge is 0.226 e. The van der Waals surface area contributed by atoms with Gasteiger partial charge in [0, 0.05) is 37.2 Å². The first-order chi connectivity index (χ1) is 18.5. The number of benzene rings is 2. The van der Waals surface area contributed by atoms with Crippen molar-refractivity contribution in [3.63, 3.8) is 0 Å². The van der Waals surface area contributed by atoms with Gasteiger partial charge in [0.1, 0.15) is 11.7 Å². The van der Waals surface area contributed by atoms with Crippen molar-refractivity contribution in [1.82, 2.24) is 10.2 Å². The third-order valence-corrected chi connectivity index (χ3v) is 10.4. The molecule has 1 N–H and O–H groups in total. The van der Waals surface area contributed by atoms with Crippen LogP contribution in [0, 0.1) is 11.3 Å². The van der Waals surface area contributed by atoms with E-state index in [1.54, 1.807) is 20.3 Å². The van der Waals surface area contributed by atoms with E-state index >= 15 is 0 Å². The minimum absolute atomic E-state index is 0.0107. The van der Waals surface area contributed by atoms with Gasteiger partial charge in [-0.25, -0.2) is 0 Å². The molecule has 6 aliphatic rings. The third kappa shape index (κ3) is 2.83. The van der Waals surface area contributed by atoms with Crippen LogP contribution in [0.4, 0.5) is 0 Å². The van der Waals surface area contributed by atoms with Crippen LogP contribution >= 0.6 is 0 Å². The summed E-state index contributed by atoms with van der Waals surface area (Å²) in [6.07, 6.45) is 9.69. The van der Waals surface area contributed by atoms with Crippen molar-refractivity contribution in [3.05, 3.63) is 84.0 Å². The number of methoxy groups -OCH3 is 2. The van der Waals surface area contributed by atoms with Crippen LogP contribution in [0.3, 0.4) is 0 Å². The minimum atomic E-state index is -0.845. The number of carbonyl (C=O) groups is 1. The number of hydrogen-bond acceptors (Lipinski definition) is 5. The van der Waals surface area contributed by atoms with Gasteiger partial charge in [-0.2, -0.15) is 0 Å². The third-order valence-electron chi connectivity index (χ3n) is 10.4. The Bertz CT molecular complexity index is 1320. The summed E-state index contributed by atoms with van der Waals surface area (Å²) in [6, 6.07) is 15.3. The topological polar surface area (TPSA) is 60.0 Å². The predicted octanol–water partition coefficient (Wildman–Crippen LogP) is 3.83. The number of amides is 1. The molecule has 2 aliphatic heterocycles. The molecule has 2 aromatic carbocycles. The van der Waals surface area contributed by atoms with E-state index < -0.39 is 5.60 Å². The minimum Gasteiger partial charge on any atom is -0.493 e. The Labute approximate surface area is 224 Å². The molecule has 2 fully saturated rings. The summed E-state index contributed by atoms with van der Waals surface area (Å²) < 4.78 is 19.1. The highest BCUT2D eigenvalue weighted by Gasteiger charge is 2.80. The highest BCUT2D eigenvalue weighted by Crippen LogP contribution is 2.74. The highest BCUT2D eigenvalue weighted by molar-refractivity contribution is 5.83. The summed E-state index contributed by atoms with van der Waals surface area (Å²) in [6.45, 7) is 6.22. The van der Waals surface area contributed by atoms with Crippen molar-refractivity contribution in [3.8, 4) is 11.5 Å². The van der Waals surface area contributed by atoms with Crippen molar-refractivity contribution < 1.29 is 19.0 Å². The molecule has 38 heavy (non-hydrogen) atoms. The maximum Gasteiger partial charge on any atom is 0.226 e. The van der Waals surface area contributed by atoms with Crippen LogP contribution in [0.2, 0.25) is 0 Å². The lowest BCUT2D eigenvalue weighted by Crippen LogP contribution is -2.80. The van der Waals surface area contributed by atoms with Gasteiger partial charge in [0.05, 0.1) is 18.4 Å². The molecule has 0 aromatic heterocycles. The van der Waals surface area contributed by atoms with Crippen molar-refractivity contribution >= 4 is 5.91 Å². The van der Waals surface area contributed by atoms with E-state index in [0.717, 1.165) is 50.3 Å². The lowest BCUT2D eigenvalue weighted by atomic mass is 9.37. The van der Waals surface area contributed by atoms with Gasteiger partial charge < -0.3 is 19.5 Å². The zero-order valence-corrected chi connectivity index (χ0v) is 22.2. The number of nitrogens with zero attached hydrogens (tertiary/aromatic N) is 1. The SMILES string of the molecule is C=CCNC(=O)[C@H]1C[C@@]23C=CC1(OC)C1Oc4c(OC)ccc5c4[C@@]12CCN(CCc1ccccc1)[C@H]3C5. The number of ether oxygens (including phenoxy) is 3. The lowest BCUT2D eigenvalue weighted by Gasteiger charge is -2.71. The van der Waals surface area contributed by atoms with Gasteiger partial charge in [-0.15, -0.1) is 6.58 Å². The molecule has 0 radical (unpaired) electrons. The van der Waals surface area contributed by atoms with E-state index in [2.05, 4.69) is 65.3 Å². The van der Waals surface area contributed by atoms with Crippen LogP contribution in [0.15, 0.2) is 67.3 Å². The fourth-order valence-corrected chi connectivity index (χ4v) is 8.86. The first kappa shape index (κ1) is 24.0. The standard InChI is InChI=1S/C32H36N2O4/c1-4-16-33-28(35)23-20-30-13-14-32(23,37-3)29-31(30)15-18-34(17-12-21-8-6-5-7-9-21)25(30)19-22-10-11-24(36-2)27(38-29)26(22)31/h4-11,13-14,23,25,29H,1,12,15-20H2,2-3H3,(H,33,35)/t23-,25+,29?,30-,31+,32?/m1/s1. The van der Waals surface area contributed by atoms with Crippen LogP contribution in [-0.4, -0.2) is 62.4 Å². The number of piperidine rings is 1. The second kappa shape index (κ2) is 8.45. The molecule has 8 rings (SSSR count). The first-order valence-corrected chi connectivity index (χ1v) is 13.8. The molecule has 1 amide bonds. The van der Waals surface area contributed by atoms with Gasteiger partial charge in [-0.3, -0.25) is 9.69 Å². The number of rotatable bonds is 8. The zero-order chi connectivity index (χ0) is 26.1. The summed E-state index contributed by atoms with van der Waals surface area (Å²) in [5, 5.41) is 3.08. The Morgan fingerprint density at radius 3 is 2.82 bits per heavy atom. The van der Waals surface area contributed by atoms with Crippen LogP contribution < -0.4 is 14.8 Å². The van der Waals surface area contributed by atoms with Crippen molar-refractivity contribution in [2.45, 2.75) is 48.8 Å². The maximum atomic E-state index is 13.7. The van der Waals surface area contributed by atoms with Gasteiger partial charge in [0.25, 0.3) is 0 Å². The molecule has 2 aromatic rings. The fraction of sp³-hybridized carbons (Fsp3) is 0.469. The highest BCUT2D eigenvalue weighted by atomic mass is 16.6. The maximum absolute atomic E-state index is 13.7. The summed E-state index contributed by atoms with van der Waals surface area (Å²) in [5.74, 6) is 1.28. The summed E-state index contributed by atoms with van der Waals surface area (Å²) in [7, 11) is 3.44. The number of likely N-dealkylation sites (tertiary alicyclic amines) is 1. The zero-order valence-electron chi connectivity index (χ0n) is 22.2. The molecule has 2 unspecified atom stereocenters. The molecule has 198 valence electrons. The molecule has 6 atom stereocenters. The summed E-state index contributed by atoms with van der Waals surface area (Å²) in [4.78, 5) is 16.4. The molecule has 6 heteroatoms. The molecule has 6 nitrogen and oxygen atoms in total. The summed E-state index contributed by atoms with van der Waals surface area (Å²) in [5.41, 5.74) is 2.69. The molecule has 2 spiro atoms. The lowest BCUT2D eigenvalue weighted by molar-refractivity contribution is -0.215. The molecule has 4 bridgehead atoms. The van der Waals surface area contributed by atoms with E-state index in [4.69, 9.17) is 14.2 Å². The van der Waals surface area contributed by atoms with E-state index in [0.29, 0.717) is 6.54 Å². The number of fused-ring (bicyclic) bond motifs is 1. The van der Waals surface area contributed by atoms with Crippen LogP contribution in [0.1, 0.15) is 29.5 Å². The van der Waals surface area contributed by atoms with Crippen molar-refractivity contribution in [2.24, 2.45) is 11.3 Å². The average Bonchev–Trinajstić information content (AvgIpc) is 3.33. The van der Waals surface area contributed by atoms with Crippen LogP contribution in [-0.2, 0) is 27.8 Å². The normalized spacial score (nSPS) is 35.4.